The number of aromatic nitrogens is 2. The van der Waals surface area contributed by atoms with E-state index in [-0.39, 0.29) is 5.56 Å². The molecular weight excluding hydrogens is 338 g/mol. The van der Waals surface area contributed by atoms with Gasteiger partial charge in [0.05, 0.1) is 11.9 Å². The Morgan fingerprint density at radius 3 is 3.00 bits per heavy atom. The van der Waals surface area contributed by atoms with Gasteiger partial charge in [-0.05, 0) is 45.4 Å². The zero-order chi connectivity index (χ0) is 16.7. The van der Waals surface area contributed by atoms with Crippen molar-refractivity contribution in [3.63, 3.8) is 0 Å². The maximum Gasteiger partial charge on any atom is 0.260 e. The van der Waals surface area contributed by atoms with Gasteiger partial charge in [-0.15, -0.1) is 22.7 Å². The van der Waals surface area contributed by atoms with Crippen molar-refractivity contribution < 1.29 is 0 Å². The molecule has 3 aromatic heterocycles. The van der Waals surface area contributed by atoms with Crippen LogP contribution in [-0.2, 0) is 6.54 Å². The van der Waals surface area contributed by atoms with E-state index in [9.17, 15) is 4.79 Å². The molecule has 1 aliphatic heterocycles. The highest BCUT2D eigenvalue weighted by molar-refractivity contribution is 7.19. The van der Waals surface area contributed by atoms with Gasteiger partial charge in [-0.2, -0.15) is 0 Å². The third kappa shape index (κ3) is 2.94. The fourth-order valence-corrected chi connectivity index (χ4v) is 5.34. The molecule has 1 aliphatic rings. The van der Waals surface area contributed by atoms with Gasteiger partial charge in [0.15, 0.2) is 0 Å². The third-order valence-electron chi connectivity index (χ3n) is 4.79. The molecule has 1 N–H and O–H groups in total. The second kappa shape index (κ2) is 6.43. The first-order chi connectivity index (χ1) is 11.6. The Morgan fingerprint density at radius 2 is 2.25 bits per heavy atom. The Bertz CT molecular complexity index is 924. The maximum absolute atomic E-state index is 12.7. The van der Waals surface area contributed by atoms with Gasteiger partial charge >= 0.3 is 0 Å². The molecule has 0 spiro atoms. The largest absolute Gasteiger partial charge is 0.309 e. The van der Waals surface area contributed by atoms with E-state index >= 15 is 0 Å². The highest BCUT2D eigenvalue weighted by Gasteiger charge is 2.20. The van der Waals surface area contributed by atoms with Crippen LogP contribution in [0.15, 0.2) is 22.3 Å². The molecule has 0 bridgehead atoms. The van der Waals surface area contributed by atoms with Gasteiger partial charge in [-0.25, -0.2) is 4.98 Å². The van der Waals surface area contributed by atoms with Crippen LogP contribution in [0.2, 0.25) is 0 Å². The van der Waals surface area contributed by atoms with E-state index in [2.05, 4.69) is 41.2 Å². The molecule has 4 nitrogen and oxygen atoms in total. The Kier molecular flexibility index (Phi) is 4.28. The van der Waals surface area contributed by atoms with Gasteiger partial charge in [-0.1, -0.05) is 6.42 Å². The number of piperidine rings is 1. The minimum Gasteiger partial charge on any atom is -0.309 e. The predicted octanol–water partition coefficient (Wildman–Crippen LogP) is 4.40. The van der Waals surface area contributed by atoms with E-state index in [1.165, 1.54) is 24.1 Å². The molecule has 0 aromatic carbocycles. The molecule has 0 amide bonds. The molecule has 24 heavy (non-hydrogen) atoms. The van der Waals surface area contributed by atoms with Gasteiger partial charge in [0, 0.05) is 26.7 Å². The van der Waals surface area contributed by atoms with Gasteiger partial charge in [-0.3, -0.25) is 9.69 Å². The topological polar surface area (TPSA) is 49.0 Å². The van der Waals surface area contributed by atoms with Crippen molar-refractivity contribution in [3.05, 3.63) is 38.6 Å². The van der Waals surface area contributed by atoms with Gasteiger partial charge < -0.3 is 4.98 Å². The average Bonchev–Trinajstić information content (AvgIpc) is 3.16. The number of rotatable bonds is 3. The Labute approximate surface area is 149 Å². The number of aryl methyl sites for hydroxylation is 1. The second-order valence-electron chi connectivity index (χ2n) is 6.57. The summed E-state index contributed by atoms with van der Waals surface area (Å²) in [7, 11) is 0. The van der Waals surface area contributed by atoms with E-state index < -0.39 is 0 Å². The minimum absolute atomic E-state index is 0.0121. The third-order valence-corrected chi connectivity index (χ3v) is 6.70. The van der Waals surface area contributed by atoms with Gasteiger partial charge in [0.2, 0.25) is 0 Å². The zero-order valence-electron chi connectivity index (χ0n) is 14.0. The smallest absolute Gasteiger partial charge is 0.260 e. The molecule has 3 aromatic rings. The number of fused-ring (bicyclic) bond motifs is 1. The van der Waals surface area contributed by atoms with Crippen molar-refractivity contribution >= 4 is 32.9 Å². The Hall–Kier alpha value is -1.50. The minimum atomic E-state index is -0.0121. The molecule has 0 radical (unpaired) electrons. The van der Waals surface area contributed by atoms with Crippen molar-refractivity contribution in [1.82, 2.24) is 14.9 Å². The summed E-state index contributed by atoms with van der Waals surface area (Å²) in [6.45, 7) is 6.17. The second-order valence-corrected chi connectivity index (χ2v) is 8.71. The van der Waals surface area contributed by atoms with E-state index in [0.29, 0.717) is 6.04 Å². The monoisotopic (exact) mass is 359 g/mol. The van der Waals surface area contributed by atoms with E-state index in [0.717, 1.165) is 39.6 Å². The van der Waals surface area contributed by atoms with Crippen molar-refractivity contribution in [2.24, 2.45) is 0 Å². The molecule has 1 saturated heterocycles. The first-order valence-corrected chi connectivity index (χ1v) is 10.1. The number of hydrogen-bond acceptors (Lipinski definition) is 5. The molecule has 1 atom stereocenters. The summed E-state index contributed by atoms with van der Waals surface area (Å²) in [6.07, 6.45) is 3.76. The lowest BCUT2D eigenvalue weighted by Gasteiger charge is -2.32. The Morgan fingerprint density at radius 1 is 1.38 bits per heavy atom. The van der Waals surface area contributed by atoms with E-state index in [4.69, 9.17) is 4.98 Å². The lowest BCUT2D eigenvalue weighted by atomic mass is 10.0. The summed E-state index contributed by atoms with van der Waals surface area (Å²) in [5.74, 6) is 0.789. The van der Waals surface area contributed by atoms with E-state index in [1.54, 1.807) is 22.7 Å². The summed E-state index contributed by atoms with van der Waals surface area (Å²) in [5.41, 5.74) is 1.00. The molecule has 4 rings (SSSR count). The number of hydrogen-bond donors (Lipinski definition) is 1. The average molecular weight is 360 g/mol. The molecular formula is C18H21N3OS2. The number of nitrogens with one attached hydrogen (secondary N) is 1. The van der Waals surface area contributed by atoms with Crippen molar-refractivity contribution in [2.75, 3.05) is 6.54 Å². The molecule has 126 valence electrons. The lowest BCUT2D eigenvalue weighted by molar-refractivity contribution is 0.149. The molecule has 4 heterocycles. The zero-order valence-corrected chi connectivity index (χ0v) is 15.6. The van der Waals surface area contributed by atoms with Crippen LogP contribution in [0.5, 0.6) is 0 Å². The molecule has 0 aliphatic carbocycles. The van der Waals surface area contributed by atoms with Crippen LogP contribution in [0.25, 0.3) is 20.7 Å². The standard InChI is InChI=1S/C18H21N3OS2/c1-11-5-3-4-8-21(11)9-15-19-17(22)16-13(10-23-18(16)20-15)14-7-6-12(2)24-14/h6-7,10-11H,3-5,8-9H2,1-2H3,(H,19,20,22)/t11-/m1/s1. The van der Waals surface area contributed by atoms with Crippen molar-refractivity contribution in [2.45, 2.75) is 45.7 Å². The fourth-order valence-electron chi connectivity index (χ4n) is 3.41. The maximum atomic E-state index is 12.7. The molecule has 0 unspecified atom stereocenters. The first-order valence-electron chi connectivity index (χ1n) is 8.43. The highest BCUT2D eigenvalue weighted by atomic mass is 32.1. The van der Waals surface area contributed by atoms with Crippen LogP contribution in [0.1, 0.15) is 36.9 Å². The molecule has 1 fully saturated rings. The number of likely N-dealkylation sites (tertiary alicyclic amines) is 1. The quantitative estimate of drug-likeness (QED) is 0.754. The highest BCUT2D eigenvalue weighted by Crippen LogP contribution is 2.35. The number of nitrogens with zero attached hydrogens (tertiary/aromatic N) is 2. The van der Waals surface area contributed by atoms with Crippen LogP contribution in [0.3, 0.4) is 0 Å². The van der Waals surface area contributed by atoms with Crippen LogP contribution >= 0.6 is 22.7 Å². The van der Waals surface area contributed by atoms with Crippen LogP contribution in [0.4, 0.5) is 0 Å². The van der Waals surface area contributed by atoms with E-state index in [1.807, 2.05) is 0 Å². The number of thiophene rings is 2. The van der Waals surface area contributed by atoms with Crippen molar-refractivity contribution in [3.8, 4) is 10.4 Å². The number of H-pyrrole nitrogens is 1. The lowest BCUT2D eigenvalue weighted by Crippen LogP contribution is -2.37. The van der Waals surface area contributed by atoms with Crippen molar-refractivity contribution in [1.29, 1.82) is 0 Å². The first kappa shape index (κ1) is 16.0. The van der Waals surface area contributed by atoms with Crippen LogP contribution < -0.4 is 5.56 Å². The SMILES string of the molecule is Cc1ccc(-c2csc3nc(CN4CCCC[C@H]4C)[nH]c(=O)c23)s1. The summed E-state index contributed by atoms with van der Waals surface area (Å²) in [4.78, 5) is 26.1. The van der Waals surface area contributed by atoms with Gasteiger partial charge in [0.1, 0.15) is 10.7 Å². The normalized spacial score (nSPS) is 19.2. The molecule has 6 heteroatoms. The van der Waals surface area contributed by atoms with Gasteiger partial charge in [0.25, 0.3) is 5.56 Å². The summed E-state index contributed by atoms with van der Waals surface area (Å²) < 4.78 is 0. The van der Waals surface area contributed by atoms with Crippen LogP contribution in [-0.4, -0.2) is 27.5 Å². The van der Waals surface area contributed by atoms with Crippen LogP contribution in [0, 0.1) is 6.92 Å². The molecule has 0 saturated carbocycles. The Balaban J connectivity index is 1.70. The predicted molar refractivity (Wildman–Crippen MR) is 102 cm³/mol. The fraction of sp³-hybridized carbons (Fsp3) is 0.444. The summed E-state index contributed by atoms with van der Waals surface area (Å²) >= 11 is 3.29. The summed E-state index contributed by atoms with van der Waals surface area (Å²) in [5, 5.41) is 2.79. The number of aromatic amines is 1. The summed E-state index contributed by atoms with van der Waals surface area (Å²) in [6, 6.07) is 4.74.